The minimum absolute atomic E-state index is 0.112. The Kier molecular flexibility index (Phi) is 4.78. The first kappa shape index (κ1) is 17.4. The van der Waals surface area contributed by atoms with Crippen molar-refractivity contribution >= 4 is 21.6 Å². The Labute approximate surface area is 147 Å². The molecular formula is C18H20N2O4S. The summed E-state index contributed by atoms with van der Waals surface area (Å²) in [5.41, 5.74) is 2.67. The normalized spacial score (nSPS) is 13.6. The molecule has 0 unspecified atom stereocenters. The molecule has 0 aromatic heterocycles. The van der Waals surface area contributed by atoms with Gasteiger partial charge in [-0.15, -0.1) is 0 Å². The van der Waals surface area contributed by atoms with Gasteiger partial charge in [0.25, 0.3) is 0 Å². The van der Waals surface area contributed by atoms with Crippen LogP contribution in [0.25, 0.3) is 0 Å². The van der Waals surface area contributed by atoms with Gasteiger partial charge in [-0.25, -0.2) is 13.1 Å². The van der Waals surface area contributed by atoms with E-state index in [4.69, 9.17) is 4.74 Å². The Bertz CT molecular complexity index is 909. The monoisotopic (exact) mass is 360 g/mol. The molecule has 0 radical (unpaired) electrons. The van der Waals surface area contributed by atoms with Crippen LogP contribution in [0.3, 0.4) is 0 Å². The lowest BCUT2D eigenvalue weighted by Crippen LogP contribution is -2.39. The summed E-state index contributed by atoms with van der Waals surface area (Å²) in [6.07, 6.45) is 0.784. The lowest BCUT2D eigenvalue weighted by Gasteiger charge is -2.17. The van der Waals surface area contributed by atoms with Crippen molar-refractivity contribution in [3.63, 3.8) is 0 Å². The summed E-state index contributed by atoms with van der Waals surface area (Å²) in [6, 6.07) is 12.2. The van der Waals surface area contributed by atoms with Gasteiger partial charge in [0.05, 0.1) is 18.6 Å². The second-order valence-corrected chi connectivity index (χ2v) is 7.65. The van der Waals surface area contributed by atoms with Crippen LogP contribution in [0.4, 0.5) is 5.69 Å². The quantitative estimate of drug-likeness (QED) is 0.883. The number of amides is 1. The topological polar surface area (TPSA) is 75.7 Å². The third kappa shape index (κ3) is 3.52. The molecule has 1 aliphatic rings. The van der Waals surface area contributed by atoms with Gasteiger partial charge in [-0.1, -0.05) is 18.2 Å². The highest BCUT2D eigenvalue weighted by atomic mass is 32.2. The van der Waals surface area contributed by atoms with Gasteiger partial charge in [-0.2, -0.15) is 0 Å². The molecule has 0 saturated carbocycles. The van der Waals surface area contributed by atoms with Gasteiger partial charge in [0.1, 0.15) is 5.75 Å². The van der Waals surface area contributed by atoms with Crippen LogP contribution in [-0.4, -0.2) is 34.5 Å². The minimum atomic E-state index is -3.76. The molecule has 0 atom stereocenters. The molecule has 6 nitrogen and oxygen atoms in total. The number of hydrogen-bond acceptors (Lipinski definition) is 4. The number of fused-ring (bicyclic) bond motifs is 1. The molecule has 1 aliphatic heterocycles. The lowest BCUT2D eigenvalue weighted by molar-refractivity contribution is -0.117. The van der Waals surface area contributed by atoms with Crippen molar-refractivity contribution in [1.82, 2.24) is 4.72 Å². The van der Waals surface area contributed by atoms with Crippen LogP contribution < -0.4 is 14.4 Å². The van der Waals surface area contributed by atoms with E-state index in [9.17, 15) is 13.2 Å². The van der Waals surface area contributed by atoms with Crippen molar-refractivity contribution in [1.29, 1.82) is 0 Å². The van der Waals surface area contributed by atoms with E-state index in [1.54, 1.807) is 17.9 Å². The average Bonchev–Trinajstić information content (AvgIpc) is 3.04. The summed E-state index contributed by atoms with van der Waals surface area (Å²) in [4.78, 5) is 14.2. The second kappa shape index (κ2) is 6.85. The van der Waals surface area contributed by atoms with Gasteiger partial charge in [0, 0.05) is 12.2 Å². The fourth-order valence-electron chi connectivity index (χ4n) is 2.95. The first-order valence-electron chi connectivity index (χ1n) is 7.95. The highest BCUT2D eigenvalue weighted by Crippen LogP contribution is 2.27. The summed E-state index contributed by atoms with van der Waals surface area (Å²) in [6.45, 7) is 2.06. The number of ether oxygens (including phenoxy) is 1. The largest absolute Gasteiger partial charge is 0.496 e. The lowest BCUT2D eigenvalue weighted by atomic mass is 10.2. The van der Waals surface area contributed by atoms with Crippen molar-refractivity contribution in [3.8, 4) is 5.75 Å². The van der Waals surface area contributed by atoms with Crippen LogP contribution in [-0.2, 0) is 21.2 Å². The molecular weight excluding hydrogens is 340 g/mol. The molecule has 7 heteroatoms. The molecule has 1 N–H and O–H groups in total. The molecule has 132 valence electrons. The first-order valence-corrected chi connectivity index (χ1v) is 9.43. The standard InChI is InChI=1S/C18H20N2O4S/c1-13-11-15(7-8-17(13)24-2)25(22,23)19-12-18(21)20-10-9-14-5-3-4-6-16(14)20/h3-8,11,19H,9-10,12H2,1-2H3. The van der Waals surface area contributed by atoms with Gasteiger partial charge in [0.15, 0.2) is 0 Å². The number of benzene rings is 2. The smallest absolute Gasteiger partial charge is 0.242 e. The van der Waals surface area contributed by atoms with Gasteiger partial charge in [0.2, 0.25) is 15.9 Å². The van der Waals surface area contributed by atoms with Gasteiger partial charge >= 0.3 is 0 Å². The van der Waals surface area contributed by atoms with Crippen LogP contribution in [0.2, 0.25) is 0 Å². The molecule has 0 spiro atoms. The maximum Gasteiger partial charge on any atom is 0.242 e. The van der Waals surface area contributed by atoms with Crippen molar-refractivity contribution < 1.29 is 17.9 Å². The molecule has 1 heterocycles. The minimum Gasteiger partial charge on any atom is -0.496 e. The molecule has 25 heavy (non-hydrogen) atoms. The second-order valence-electron chi connectivity index (χ2n) is 5.88. The van der Waals surface area contributed by atoms with Crippen molar-refractivity contribution in [2.24, 2.45) is 0 Å². The zero-order valence-electron chi connectivity index (χ0n) is 14.2. The molecule has 0 saturated heterocycles. The number of methoxy groups -OCH3 is 1. The van der Waals surface area contributed by atoms with E-state index >= 15 is 0 Å². The van der Waals surface area contributed by atoms with Crippen LogP contribution in [0.15, 0.2) is 47.4 Å². The third-order valence-electron chi connectivity index (χ3n) is 4.28. The van der Waals surface area contributed by atoms with E-state index in [2.05, 4.69) is 4.72 Å². The number of rotatable bonds is 5. The number of carbonyl (C=O) groups is 1. The molecule has 2 aromatic rings. The van der Waals surface area contributed by atoms with Gasteiger partial charge < -0.3 is 9.64 Å². The SMILES string of the molecule is COc1ccc(S(=O)(=O)NCC(=O)N2CCc3ccccc32)cc1C. The van der Waals surface area contributed by atoms with Crippen LogP contribution in [0.1, 0.15) is 11.1 Å². The highest BCUT2D eigenvalue weighted by molar-refractivity contribution is 7.89. The number of nitrogens with zero attached hydrogens (tertiary/aromatic N) is 1. The summed E-state index contributed by atoms with van der Waals surface area (Å²) in [7, 11) is -2.23. The van der Waals surface area contributed by atoms with E-state index < -0.39 is 10.0 Å². The predicted octanol–water partition coefficient (Wildman–Crippen LogP) is 1.87. The van der Waals surface area contributed by atoms with E-state index in [1.165, 1.54) is 19.2 Å². The summed E-state index contributed by atoms with van der Waals surface area (Å²) < 4.78 is 32.4. The number of aryl methyl sites for hydroxylation is 1. The van der Waals surface area contributed by atoms with Crippen LogP contribution >= 0.6 is 0 Å². The van der Waals surface area contributed by atoms with Crippen molar-refractivity contribution in [2.45, 2.75) is 18.2 Å². The number of para-hydroxylation sites is 1. The Hall–Kier alpha value is -2.38. The number of carbonyl (C=O) groups excluding carboxylic acids is 1. The molecule has 0 bridgehead atoms. The van der Waals surface area contributed by atoms with Crippen LogP contribution in [0, 0.1) is 6.92 Å². The van der Waals surface area contributed by atoms with Gasteiger partial charge in [-0.3, -0.25) is 4.79 Å². The number of nitrogens with one attached hydrogen (secondary N) is 1. The Balaban J connectivity index is 1.70. The van der Waals surface area contributed by atoms with Crippen LogP contribution in [0.5, 0.6) is 5.75 Å². The maximum atomic E-state index is 12.4. The maximum absolute atomic E-state index is 12.4. The number of anilines is 1. The van der Waals surface area contributed by atoms with Gasteiger partial charge in [-0.05, 0) is 48.7 Å². The molecule has 0 aliphatic carbocycles. The highest BCUT2D eigenvalue weighted by Gasteiger charge is 2.25. The Morgan fingerprint density at radius 2 is 2.00 bits per heavy atom. The van der Waals surface area contributed by atoms with Crippen molar-refractivity contribution in [2.75, 3.05) is 25.1 Å². The van der Waals surface area contributed by atoms with E-state index in [-0.39, 0.29) is 17.3 Å². The average molecular weight is 360 g/mol. The molecule has 2 aromatic carbocycles. The molecule has 0 fully saturated rings. The zero-order valence-corrected chi connectivity index (χ0v) is 15.0. The fourth-order valence-corrected chi connectivity index (χ4v) is 4.01. The predicted molar refractivity (Wildman–Crippen MR) is 95.4 cm³/mol. The number of sulfonamides is 1. The summed E-state index contributed by atoms with van der Waals surface area (Å²) in [5.74, 6) is 0.349. The van der Waals surface area contributed by atoms with E-state index in [0.29, 0.717) is 17.9 Å². The van der Waals surface area contributed by atoms with E-state index in [1.807, 2.05) is 24.3 Å². The molecule has 1 amide bonds. The molecule has 3 rings (SSSR count). The fraction of sp³-hybridized carbons (Fsp3) is 0.278. The van der Waals surface area contributed by atoms with E-state index in [0.717, 1.165) is 17.7 Å². The van der Waals surface area contributed by atoms with Crippen molar-refractivity contribution in [3.05, 3.63) is 53.6 Å². The third-order valence-corrected chi connectivity index (χ3v) is 5.68. The zero-order chi connectivity index (χ0) is 18.0. The summed E-state index contributed by atoms with van der Waals surface area (Å²) >= 11 is 0. The Morgan fingerprint density at radius 3 is 2.72 bits per heavy atom. The first-order chi connectivity index (χ1) is 11.9. The number of hydrogen-bond donors (Lipinski definition) is 1. The summed E-state index contributed by atoms with van der Waals surface area (Å²) in [5, 5.41) is 0. The Morgan fingerprint density at radius 1 is 1.24 bits per heavy atom.